The van der Waals surface area contributed by atoms with Crippen LogP contribution >= 0.6 is 0 Å². The zero-order valence-corrected chi connectivity index (χ0v) is 13.3. The second kappa shape index (κ2) is 9.93. The summed E-state index contributed by atoms with van der Waals surface area (Å²) >= 11 is 0. The van der Waals surface area contributed by atoms with Crippen LogP contribution in [0.5, 0.6) is 0 Å². The molecule has 1 rings (SSSR count). The van der Waals surface area contributed by atoms with Crippen molar-refractivity contribution in [3.63, 3.8) is 0 Å². The van der Waals surface area contributed by atoms with Gasteiger partial charge in [0.2, 0.25) is 0 Å². The lowest BCUT2D eigenvalue weighted by Gasteiger charge is -2.17. The van der Waals surface area contributed by atoms with E-state index in [2.05, 4.69) is 12.2 Å². The molecule has 20 heavy (non-hydrogen) atoms. The molecule has 0 amide bonds. The van der Waals surface area contributed by atoms with Gasteiger partial charge in [-0.3, -0.25) is 0 Å². The molecular weight excluding hydrogens is 249 g/mol. The Hall–Kier alpha value is -0.890. The van der Waals surface area contributed by atoms with E-state index in [1.54, 1.807) is 12.1 Å². The van der Waals surface area contributed by atoms with Crippen molar-refractivity contribution in [3.05, 3.63) is 35.1 Å². The first-order valence-electron chi connectivity index (χ1n) is 8.09. The fourth-order valence-electron chi connectivity index (χ4n) is 2.67. The molecule has 114 valence electrons. The van der Waals surface area contributed by atoms with E-state index < -0.39 is 0 Å². The molecule has 0 bridgehead atoms. The van der Waals surface area contributed by atoms with Crippen LogP contribution in [0.3, 0.4) is 0 Å². The van der Waals surface area contributed by atoms with Crippen LogP contribution in [0.1, 0.15) is 63.0 Å². The van der Waals surface area contributed by atoms with Gasteiger partial charge in [-0.05, 0) is 50.1 Å². The van der Waals surface area contributed by atoms with E-state index in [4.69, 9.17) is 0 Å². The molecule has 0 aliphatic carbocycles. The molecule has 0 spiro atoms. The van der Waals surface area contributed by atoms with Crippen molar-refractivity contribution >= 4 is 0 Å². The molecule has 1 nitrogen and oxygen atoms in total. The third kappa shape index (κ3) is 6.51. The van der Waals surface area contributed by atoms with Crippen LogP contribution in [0, 0.1) is 12.7 Å². The summed E-state index contributed by atoms with van der Waals surface area (Å²) in [5.74, 6) is -0.136. The van der Waals surface area contributed by atoms with Gasteiger partial charge < -0.3 is 5.32 Å². The average molecular weight is 279 g/mol. The lowest BCUT2D eigenvalue weighted by Crippen LogP contribution is -2.27. The number of nitrogens with one attached hydrogen (secondary N) is 1. The molecule has 0 aromatic heterocycles. The molecule has 0 aliphatic heterocycles. The highest BCUT2D eigenvalue weighted by molar-refractivity contribution is 5.27. The zero-order chi connectivity index (χ0) is 14.8. The smallest absolute Gasteiger partial charge is 0.123 e. The fraction of sp³-hybridized carbons (Fsp3) is 0.667. The summed E-state index contributed by atoms with van der Waals surface area (Å²) in [5.41, 5.74) is 2.32. The Morgan fingerprint density at radius 3 is 2.45 bits per heavy atom. The standard InChI is InChI=1S/C18H30FN/c1-4-5-6-7-8-9-10-18(20-3)14-16-11-12-17(19)13-15(16)2/h11-13,18,20H,4-10,14H2,1-3H3. The van der Waals surface area contributed by atoms with Gasteiger partial charge in [-0.1, -0.05) is 51.5 Å². The number of rotatable bonds is 10. The number of halogens is 1. The van der Waals surface area contributed by atoms with E-state index in [0.717, 1.165) is 12.0 Å². The molecule has 0 saturated carbocycles. The number of hydrogen-bond acceptors (Lipinski definition) is 1. The number of benzene rings is 1. The first-order chi connectivity index (χ1) is 9.67. The largest absolute Gasteiger partial charge is 0.317 e. The van der Waals surface area contributed by atoms with Crippen LogP contribution in [0.2, 0.25) is 0 Å². The van der Waals surface area contributed by atoms with E-state index in [-0.39, 0.29) is 5.82 Å². The maximum Gasteiger partial charge on any atom is 0.123 e. The third-order valence-electron chi connectivity index (χ3n) is 4.09. The SMILES string of the molecule is CCCCCCCCC(Cc1ccc(F)cc1C)NC. The molecule has 1 aromatic carbocycles. The predicted octanol–water partition coefficient (Wildman–Crippen LogP) is 5.02. The highest BCUT2D eigenvalue weighted by atomic mass is 19.1. The van der Waals surface area contributed by atoms with E-state index in [1.165, 1.54) is 50.5 Å². The van der Waals surface area contributed by atoms with Crippen LogP contribution in [-0.4, -0.2) is 13.1 Å². The average Bonchev–Trinajstić information content (AvgIpc) is 2.43. The Kier molecular flexibility index (Phi) is 8.52. The lowest BCUT2D eigenvalue weighted by molar-refractivity contribution is 0.479. The van der Waals surface area contributed by atoms with Crippen LogP contribution in [-0.2, 0) is 6.42 Å². The minimum absolute atomic E-state index is 0.136. The number of likely N-dealkylation sites (N-methyl/N-ethyl adjacent to an activating group) is 1. The lowest BCUT2D eigenvalue weighted by atomic mass is 9.97. The second-order valence-electron chi connectivity index (χ2n) is 5.82. The second-order valence-corrected chi connectivity index (χ2v) is 5.82. The van der Waals surface area contributed by atoms with Gasteiger partial charge in [0, 0.05) is 6.04 Å². The van der Waals surface area contributed by atoms with E-state index in [0.29, 0.717) is 6.04 Å². The molecular formula is C18H30FN. The van der Waals surface area contributed by atoms with Crippen LogP contribution in [0.15, 0.2) is 18.2 Å². The Labute approximate surface area is 124 Å². The summed E-state index contributed by atoms with van der Waals surface area (Å²) in [6, 6.07) is 5.63. The molecule has 1 N–H and O–H groups in total. The van der Waals surface area contributed by atoms with Gasteiger partial charge in [0.1, 0.15) is 5.82 Å². The maximum absolute atomic E-state index is 13.1. The highest BCUT2D eigenvalue weighted by Gasteiger charge is 2.09. The van der Waals surface area contributed by atoms with Crippen molar-refractivity contribution in [2.75, 3.05) is 7.05 Å². The molecule has 1 atom stereocenters. The quantitative estimate of drug-likeness (QED) is 0.593. The van der Waals surface area contributed by atoms with E-state index >= 15 is 0 Å². The van der Waals surface area contributed by atoms with Crippen LogP contribution < -0.4 is 5.32 Å². The van der Waals surface area contributed by atoms with E-state index in [9.17, 15) is 4.39 Å². The third-order valence-corrected chi connectivity index (χ3v) is 4.09. The monoisotopic (exact) mass is 279 g/mol. The molecule has 0 aliphatic rings. The molecule has 2 heteroatoms. The van der Waals surface area contributed by atoms with E-state index in [1.807, 2.05) is 20.0 Å². The van der Waals surface area contributed by atoms with Gasteiger partial charge in [0.05, 0.1) is 0 Å². The number of hydrogen-bond donors (Lipinski definition) is 1. The summed E-state index contributed by atoms with van der Waals surface area (Å²) in [6.45, 7) is 4.25. The van der Waals surface area contributed by atoms with Gasteiger partial charge in [-0.25, -0.2) is 4.39 Å². The number of aryl methyl sites for hydroxylation is 1. The van der Waals surface area contributed by atoms with Crippen molar-refractivity contribution < 1.29 is 4.39 Å². The minimum atomic E-state index is -0.136. The molecule has 1 unspecified atom stereocenters. The van der Waals surface area contributed by atoms with Gasteiger partial charge >= 0.3 is 0 Å². The topological polar surface area (TPSA) is 12.0 Å². The Morgan fingerprint density at radius 1 is 1.10 bits per heavy atom. The zero-order valence-electron chi connectivity index (χ0n) is 13.3. The van der Waals surface area contributed by atoms with Crippen LogP contribution in [0.25, 0.3) is 0 Å². The van der Waals surface area contributed by atoms with Crippen molar-refractivity contribution in [3.8, 4) is 0 Å². The first-order valence-corrected chi connectivity index (χ1v) is 8.09. The molecule has 0 heterocycles. The molecule has 1 aromatic rings. The van der Waals surface area contributed by atoms with Gasteiger partial charge in [0.15, 0.2) is 0 Å². The van der Waals surface area contributed by atoms with Crippen molar-refractivity contribution in [2.45, 2.75) is 71.3 Å². The van der Waals surface area contributed by atoms with Gasteiger partial charge in [-0.2, -0.15) is 0 Å². The Bertz CT molecular complexity index is 376. The highest BCUT2D eigenvalue weighted by Crippen LogP contribution is 2.15. The first kappa shape index (κ1) is 17.2. The normalized spacial score (nSPS) is 12.6. The maximum atomic E-state index is 13.1. The summed E-state index contributed by atoms with van der Waals surface area (Å²) < 4.78 is 13.1. The number of unbranched alkanes of at least 4 members (excludes halogenated alkanes) is 5. The summed E-state index contributed by atoms with van der Waals surface area (Å²) in [5, 5.41) is 3.40. The Morgan fingerprint density at radius 2 is 1.80 bits per heavy atom. The molecule has 0 radical (unpaired) electrons. The van der Waals surface area contributed by atoms with Crippen molar-refractivity contribution in [1.82, 2.24) is 5.32 Å². The Balaban J connectivity index is 2.31. The predicted molar refractivity (Wildman–Crippen MR) is 85.7 cm³/mol. The van der Waals surface area contributed by atoms with Crippen LogP contribution in [0.4, 0.5) is 4.39 Å². The minimum Gasteiger partial charge on any atom is -0.317 e. The molecule has 0 saturated heterocycles. The summed E-state index contributed by atoms with van der Waals surface area (Å²) in [7, 11) is 2.03. The summed E-state index contributed by atoms with van der Waals surface area (Å²) in [6.07, 6.45) is 10.2. The van der Waals surface area contributed by atoms with Gasteiger partial charge in [0.25, 0.3) is 0 Å². The fourth-order valence-corrected chi connectivity index (χ4v) is 2.67. The summed E-state index contributed by atoms with van der Waals surface area (Å²) in [4.78, 5) is 0. The van der Waals surface area contributed by atoms with Crippen molar-refractivity contribution in [2.24, 2.45) is 0 Å². The van der Waals surface area contributed by atoms with Gasteiger partial charge in [-0.15, -0.1) is 0 Å². The molecule has 0 fully saturated rings. The van der Waals surface area contributed by atoms with Crippen molar-refractivity contribution in [1.29, 1.82) is 0 Å².